The Morgan fingerprint density at radius 3 is 2.72 bits per heavy atom. The third-order valence-electron chi connectivity index (χ3n) is 6.46. The van der Waals surface area contributed by atoms with Crippen molar-refractivity contribution >= 4 is 17.5 Å². The minimum Gasteiger partial charge on any atom is -0.457 e. The summed E-state index contributed by atoms with van der Waals surface area (Å²) in [7, 11) is 0. The summed E-state index contributed by atoms with van der Waals surface area (Å²) in [6, 6.07) is 12.1. The number of carbonyl (C=O) groups excluding carboxylic acids is 1. The second kappa shape index (κ2) is 9.53. The number of aliphatic hydroxyl groups excluding tert-OH is 1. The van der Waals surface area contributed by atoms with Gasteiger partial charge in [-0.15, -0.1) is 0 Å². The van der Waals surface area contributed by atoms with Crippen LogP contribution < -0.4 is 21.3 Å². The number of aryl methyl sites for hydroxylation is 1. The molecule has 2 aromatic carbocycles. The van der Waals surface area contributed by atoms with Gasteiger partial charge in [0.1, 0.15) is 23.7 Å². The van der Waals surface area contributed by atoms with E-state index in [1.54, 1.807) is 49.4 Å². The number of aromatic amines is 1. The normalized spacial score (nSPS) is 24.5. The van der Waals surface area contributed by atoms with Crippen LogP contribution in [0.4, 0.5) is 4.39 Å². The third kappa shape index (κ3) is 4.21. The average molecular weight is 516 g/mol. The molecular formula is C25H23ClFN3O6. The Balaban J connectivity index is 1.37. The maximum Gasteiger partial charge on any atom is 0.330 e. The molecule has 188 valence electrons. The number of alkyl halides is 1. The van der Waals surface area contributed by atoms with Crippen LogP contribution in [0.1, 0.15) is 35.8 Å². The minimum absolute atomic E-state index is 0.217. The summed E-state index contributed by atoms with van der Waals surface area (Å²) >= 11 is 6.18. The zero-order valence-electron chi connectivity index (χ0n) is 19.1. The number of para-hydroxylation sites is 1. The fourth-order valence-corrected chi connectivity index (χ4v) is 4.77. The SMILES string of the molecule is CCc1cn([C@@H]2O[C@H](CNC(=O)[C@@H]3c4ccccc4Oc4ccc(Cl)cc43)[C@@H](O)[C@H]2F)c(=O)[nH]c1=O. The number of aromatic nitrogens is 2. The predicted molar refractivity (Wildman–Crippen MR) is 128 cm³/mol. The molecule has 3 aromatic rings. The van der Waals surface area contributed by atoms with Crippen molar-refractivity contribution in [1.29, 1.82) is 0 Å². The topological polar surface area (TPSA) is 123 Å². The molecule has 0 spiro atoms. The van der Waals surface area contributed by atoms with Crippen molar-refractivity contribution in [2.24, 2.45) is 0 Å². The number of hydrogen-bond acceptors (Lipinski definition) is 6. The van der Waals surface area contributed by atoms with Crippen molar-refractivity contribution in [1.82, 2.24) is 14.9 Å². The molecule has 2 aliphatic rings. The lowest BCUT2D eigenvalue weighted by Gasteiger charge is -2.28. The van der Waals surface area contributed by atoms with Gasteiger partial charge in [-0.05, 0) is 30.7 Å². The highest BCUT2D eigenvalue weighted by atomic mass is 35.5. The molecule has 3 N–H and O–H groups in total. The number of aliphatic hydroxyl groups is 1. The van der Waals surface area contributed by atoms with Crippen LogP contribution >= 0.6 is 11.6 Å². The third-order valence-corrected chi connectivity index (χ3v) is 6.70. The molecule has 1 fully saturated rings. The molecule has 0 saturated carbocycles. The van der Waals surface area contributed by atoms with Crippen LogP contribution in [0.25, 0.3) is 0 Å². The van der Waals surface area contributed by atoms with E-state index in [2.05, 4.69) is 10.3 Å². The fourth-order valence-electron chi connectivity index (χ4n) is 4.59. The van der Waals surface area contributed by atoms with Gasteiger partial charge in [-0.2, -0.15) is 0 Å². The number of hydrogen-bond donors (Lipinski definition) is 3. The number of ether oxygens (including phenoxy) is 2. The van der Waals surface area contributed by atoms with Gasteiger partial charge in [0.05, 0.1) is 5.92 Å². The van der Waals surface area contributed by atoms with E-state index in [9.17, 15) is 23.9 Å². The van der Waals surface area contributed by atoms with Gasteiger partial charge < -0.3 is 19.9 Å². The number of amides is 1. The van der Waals surface area contributed by atoms with Gasteiger partial charge in [0, 0.05) is 34.5 Å². The lowest BCUT2D eigenvalue weighted by Crippen LogP contribution is -2.41. The molecule has 1 amide bonds. The standard InChI is InChI=1S/C25H23ClFN3O6/c1-2-12-11-30(25(34)29-22(12)32)24-20(27)21(31)18(36-24)10-28-23(33)19-14-5-3-4-6-16(14)35-17-8-7-13(26)9-15(17)19/h3-9,11,18-21,24,31H,2,10H2,1H3,(H,28,33)(H,29,32,34)/t18-,19-,20-,21-,24-/m1/s1. The first-order valence-electron chi connectivity index (χ1n) is 11.4. The van der Waals surface area contributed by atoms with Gasteiger partial charge in [0.15, 0.2) is 12.4 Å². The first-order chi connectivity index (χ1) is 17.3. The summed E-state index contributed by atoms with van der Waals surface area (Å²) in [6.45, 7) is 1.50. The Kier molecular flexibility index (Phi) is 6.42. The second-order valence-electron chi connectivity index (χ2n) is 8.67. The number of carbonyl (C=O) groups is 1. The van der Waals surface area contributed by atoms with Crippen molar-refractivity contribution in [3.63, 3.8) is 0 Å². The lowest BCUT2D eigenvalue weighted by molar-refractivity contribution is -0.123. The van der Waals surface area contributed by atoms with Crippen LogP contribution in [-0.2, 0) is 16.0 Å². The summed E-state index contributed by atoms with van der Waals surface area (Å²) in [4.78, 5) is 39.6. The summed E-state index contributed by atoms with van der Waals surface area (Å²) in [6.07, 6.45) is -4.61. The average Bonchev–Trinajstić information content (AvgIpc) is 3.14. The number of fused-ring (bicyclic) bond motifs is 2. The largest absolute Gasteiger partial charge is 0.457 e. The second-order valence-corrected chi connectivity index (χ2v) is 9.11. The molecule has 5 rings (SSSR count). The highest BCUT2D eigenvalue weighted by Crippen LogP contribution is 2.45. The maximum absolute atomic E-state index is 15.0. The smallest absolute Gasteiger partial charge is 0.330 e. The Morgan fingerprint density at radius 2 is 1.94 bits per heavy atom. The predicted octanol–water partition coefficient (Wildman–Crippen LogP) is 2.40. The van der Waals surface area contributed by atoms with E-state index in [4.69, 9.17) is 21.1 Å². The highest BCUT2D eigenvalue weighted by Gasteiger charge is 2.46. The number of nitrogens with one attached hydrogen (secondary N) is 2. The number of nitrogens with zero attached hydrogens (tertiary/aromatic N) is 1. The monoisotopic (exact) mass is 515 g/mol. The van der Waals surface area contributed by atoms with Gasteiger partial charge in [0.25, 0.3) is 5.56 Å². The highest BCUT2D eigenvalue weighted by molar-refractivity contribution is 6.30. The van der Waals surface area contributed by atoms with Crippen molar-refractivity contribution < 1.29 is 23.8 Å². The fraction of sp³-hybridized carbons (Fsp3) is 0.320. The van der Waals surface area contributed by atoms with E-state index in [1.165, 1.54) is 6.20 Å². The van der Waals surface area contributed by atoms with Gasteiger partial charge >= 0.3 is 5.69 Å². The van der Waals surface area contributed by atoms with Crippen LogP contribution in [-0.4, -0.2) is 45.5 Å². The molecule has 36 heavy (non-hydrogen) atoms. The zero-order chi connectivity index (χ0) is 25.6. The molecule has 3 heterocycles. The molecule has 5 atom stereocenters. The van der Waals surface area contributed by atoms with E-state index >= 15 is 0 Å². The van der Waals surface area contributed by atoms with E-state index in [0.717, 1.165) is 4.57 Å². The summed E-state index contributed by atoms with van der Waals surface area (Å²) in [5.41, 5.74) is 0.0559. The number of halogens is 2. The summed E-state index contributed by atoms with van der Waals surface area (Å²) in [5, 5.41) is 13.6. The first-order valence-corrected chi connectivity index (χ1v) is 11.8. The van der Waals surface area contributed by atoms with Gasteiger partial charge in [-0.25, -0.2) is 9.18 Å². The summed E-state index contributed by atoms with van der Waals surface area (Å²) < 4.78 is 27.5. The molecule has 11 heteroatoms. The maximum atomic E-state index is 15.0. The van der Waals surface area contributed by atoms with Gasteiger partial charge in [0.2, 0.25) is 5.91 Å². The number of benzene rings is 2. The first kappa shape index (κ1) is 24.2. The van der Waals surface area contributed by atoms with Gasteiger partial charge in [-0.3, -0.25) is 19.1 Å². The van der Waals surface area contributed by atoms with Crippen molar-refractivity contribution in [2.45, 2.75) is 43.9 Å². The summed E-state index contributed by atoms with van der Waals surface area (Å²) in [5.74, 6) is -0.160. The Hall–Kier alpha value is -3.47. The zero-order valence-corrected chi connectivity index (χ0v) is 19.9. The van der Waals surface area contributed by atoms with Crippen LogP contribution in [0, 0.1) is 0 Å². The Bertz CT molecular complexity index is 1440. The molecular weight excluding hydrogens is 493 g/mol. The van der Waals surface area contributed by atoms with Crippen LogP contribution in [0.2, 0.25) is 5.02 Å². The van der Waals surface area contributed by atoms with Crippen LogP contribution in [0.3, 0.4) is 0 Å². The van der Waals surface area contributed by atoms with Crippen LogP contribution in [0.15, 0.2) is 58.3 Å². The van der Waals surface area contributed by atoms with Crippen LogP contribution in [0.5, 0.6) is 11.5 Å². The Labute approximate surface area is 209 Å². The molecule has 9 nitrogen and oxygen atoms in total. The molecule has 2 aliphatic heterocycles. The number of H-pyrrole nitrogens is 1. The number of rotatable bonds is 5. The molecule has 0 bridgehead atoms. The molecule has 0 aliphatic carbocycles. The minimum atomic E-state index is -1.96. The molecule has 1 saturated heterocycles. The Morgan fingerprint density at radius 1 is 1.19 bits per heavy atom. The van der Waals surface area contributed by atoms with E-state index in [0.29, 0.717) is 34.1 Å². The van der Waals surface area contributed by atoms with Gasteiger partial charge in [-0.1, -0.05) is 36.7 Å². The molecule has 1 aromatic heterocycles. The van der Waals surface area contributed by atoms with Crippen molar-refractivity contribution in [3.8, 4) is 11.5 Å². The molecule has 0 radical (unpaired) electrons. The lowest BCUT2D eigenvalue weighted by atomic mass is 9.87. The van der Waals surface area contributed by atoms with Crippen molar-refractivity contribution in [3.05, 3.63) is 91.2 Å². The van der Waals surface area contributed by atoms with E-state index in [-0.39, 0.29) is 12.1 Å². The molecule has 0 unspecified atom stereocenters. The van der Waals surface area contributed by atoms with E-state index in [1.807, 2.05) is 0 Å². The quantitative estimate of drug-likeness (QED) is 0.479. The van der Waals surface area contributed by atoms with E-state index < -0.39 is 47.7 Å². The van der Waals surface area contributed by atoms with Crippen molar-refractivity contribution in [2.75, 3.05) is 6.54 Å².